The topological polar surface area (TPSA) is 97.8 Å². The van der Waals surface area contributed by atoms with Gasteiger partial charge in [-0.05, 0) is 61.6 Å². The van der Waals surface area contributed by atoms with Crippen molar-refractivity contribution in [3.8, 4) is 5.88 Å². The average molecular weight is 495 g/mol. The molecule has 7 nitrogen and oxygen atoms in total. The molecule has 0 spiro atoms. The van der Waals surface area contributed by atoms with Crippen molar-refractivity contribution in [2.75, 3.05) is 20.4 Å². The average Bonchev–Trinajstić information content (AvgIpc) is 3.11. The number of benzene rings is 3. The fraction of sp³-hybridized carbons (Fsp3) is 0.192. The van der Waals surface area contributed by atoms with Gasteiger partial charge < -0.3 is 15.0 Å². The molecule has 0 aliphatic rings. The largest absolute Gasteiger partial charge is 0.494 e. The minimum absolute atomic E-state index is 0.115. The number of aromatic amines is 1. The Morgan fingerprint density at radius 2 is 1.80 bits per heavy atom. The van der Waals surface area contributed by atoms with E-state index in [0.29, 0.717) is 33.4 Å². The zero-order valence-electron chi connectivity index (χ0n) is 19.7. The fourth-order valence-corrected chi connectivity index (χ4v) is 4.30. The molecule has 0 aliphatic carbocycles. The molecule has 0 aliphatic heterocycles. The highest BCUT2D eigenvalue weighted by Gasteiger charge is 2.19. The Morgan fingerprint density at radius 3 is 2.49 bits per heavy atom. The van der Waals surface area contributed by atoms with Gasteiger partial charge in [0.05, 0.1) is 28.7 Å². The molecule has 0 unspecified atom stereocenters. The van der Waals surface area contributed by atoms with Crippen LogP contribution in [-0.2, 0) is 23.1 Å². The van der Waals surface area contributed by atoms with Crippen LogP contribution in [0, 0.1) is 5.82 Å². The van der Waals surface area contributed by atoms with Crippen molar-refractivity contribution in [3.63, 3.8) is 0 Å². The van der Waals surface area contributed by atoms with E-state index < -0.39 is 15.8 Å². The van der Waals surface area contributed by atoms with E-state index in [-0.39, 0.29) is 12.4 Å². The second-order valence-corrected chi connectivity index (χ2v) is 10.5. The number of fused-ring (bicyclic) bond motifs is 1. The lowest BCUT2D eigenvalue weighted by atomic mass is 9.99. The van der Waals surface area contributed by atoms with Gasteiger partial charge in [0.1, 0.15) is 5.82 Å². The molecule has 35 heavy (non-hydrogen) atoms. The number of H-pyrrole nitrogens is 1. The van der Waals surface area contributed by atoms with Crippen LogP contribution in [0.5, 0.6) is 5.88 Å². The Bertz CT molecular complexity index is 1490. The van der Waals surface area contributed by atoms with Crippen LogP contribution in [-0.4, -0.2) is 49.5 Å². The first-order valence-electron chi connectivity index (χ1n) is 11.0. The number of rotatable bonds is 8. The second-order valence-electron chi connectivity index (χ2n) is 8.70. The fourth-order valence-electron chi connectivity index (χ4n) is 3.87. The van der Waals surface area contributed by atoms with Gasteiger partial charge in [0.15, 0.2) is 5.88 Å². The van der Waals surface area contributed by atoms with Gasteiger partial charge in [-0.25, -0.2) is 22.5 Å². The van der Waals surface area contributed by atoms with Gasteiger partial charge in [0.2, 0.25) is 10.0 Å². The van der Waals surface area contributed by atoms with Crippen molar-refractivity contribution in [1.82, 2.24) is 14.6 Å². The third-order valence-corrected chi connectivity index (χ3v) is 6.06. The van der Waals surface area contributed by atoms with Crippen molar-refractivity contribution >= 4 is 32.3 Å². The quantitative estimate of drug-likeness (QED) is 0.318. The van der Waals surface area contributed by atoms with E-state index in [1.807, 2.05) is 50.5 Å². The van der Waals surface area contributed by atoms with Gasteiger partial charge in [-0.15, -0.1) is 0 Å². The molecule has 0 saturated heterocycles. The van der Waals surface area contributed by atoms with E-state index in [2.05, 4.69) is 14.6 Å². The molecule has 3 N–H and O–H groups in total. The molecule has 1 aromatic heterocycles. The highest BCUT2D eigenvalue weighted by molar-refractivity contribution is 7.88. The lowest BCUT2D eigenvalue weighted by molar-refractivity contribution is 0.402. The number of sulfonamides is 1. The molecule has 9 heteroatoms. The van der Waals surface area contributed by atoms with Crippen LogP contribution < -0.4 is 4.72 Å². The highest BCUT2D eigenvalue weighted by atomic mass is 32.2. The van der Waals surface area contributed by atoms with Crippen molar-refractivity contribution in [2.45, 2.75) is 13.1 Å². The first-order chi connectivity index (χ1) is 16.6. The summed E-state index contributed by atoms with van der Waals surface area (Å²) in [6.45, 7) is 0.908. The summed E-state index contributed by atoms with van der Waals surface area (Å²) in [6, 6.07) is 19.3. The summed E-state index contributed by atoms with van der Waals surface area (Å²) in [5, 5.41) is 11.4. The van der Waals surface area contributed by atoms with Crippen LogP contribution in [0.4, 0.5) is 10.1 Å². The number of aromatic nitrogens is 1. The molecule has 0 radical (unpaired) electrons. The van der Waals surface area contributed by atoms with Crippen LogP contribution in [0.15, 0.2) is 71.7 Å². The predicted molar refractivity (Wildman–Crippen MR) is 137 cm³/mol. The number of halogens is 1. The number of aromatic hydroxyl groups is 1. The van der Waals surface area contributed by atoms with E-state index >= 15 is 0 Å². The molecule has 4 rings (SSSR count). The zero-order chi connectivity index (χ0) is 25.2. The summed E-state index contributed by atoms with van der Waals surface area (Å²) in [6.07, 6.45) is 1.10. The van der Waals surface area contributed by atoms with Crippen LogP contribution in [0.2, 0.25) is 0 Å². The molecule has 182 valence electrons. The molecule has 0 bridgehead atoms. The van der Waals surface area contributed by atoms with E-state index in [1.165, 1.54) is 12.1 Å². The second kappa shape index (κ2) is 9.99. The van der Waals surface area contributed by atoms with E-state index in [9.17, 15) is 17.9 Å². The normalized spacial score (nSPS) is 12.5. The minimum atomic E-state index is -3.36. The molecular formula is C26H27FN4O3S. The lowest BCUT2D eigenvalue weighted by Crippen LogP contribution is -2.21. The van der Waals surface area contributed by atoms with Gasteiger partial charge in [-0.3, -0.25) is 0 Å². The lowest BCUT2D eigenvalue weighted by Gasteiger charge is -2.11. The van der Waals surface area contributed by atoms with E-state index in [4.69, 9.17) is 4.99 Å². The maximum atomic E-state index is 13.8. The number of hydrogen-bond donors (Lipinski definition) is 3. The van der Waals surface area contributed by atoms with Crippen molar-refractivity contribution in [2.24, 2.45) is 4.99 Å². The molecule has 0 amide bonds. The maximum absolute atomic E-state index is 13.8. The number of hydrogen-bond acceptors (Lipinski definition) is 5. The van der Waals surface area contributed by atoms with Crippen molar-refractivity contribution in [1.29, 1.82) is 0 Å². The van der Waals surface area contributed by atoms with E-state index in [1.54, 1.807) is 18.2 Å². The summed E-state index contributed by atoms with van der Waals surface area (Å²) in [5.41, 5.74) is 4.57. The SMILES string of the molecule is CN(C)Cc1ccc(N=C(c2cccc(CNS(C)(=O)=O)c2)c2c(O)[nH]c3cc(F)ccc23)cc1. The summed E-state index contributed by atoms with van der Waals surface area (Å²) < 4.78 is 39.4. The molecule has 0 saturated carbocycles. The van der Waals surface area contributed by atoms with Gasteiger partial charge in [-0.2, -0.15) is 0 Å². The van der Waals surface area contributed by atoms with Gasteiger partial charge in [-0.1, -0.05) is 30.3 Å². The molecule has 3 aromatic carbocycles. The minimum Gasteiger partial charge on any atom is -0.494 e. The molecule has 4 aromatic rings. The summed E-state index contributed by atoms with van der Waals surface area (Å²) in [7, 11) is 0.633. The standard InChI is InChI=1S/C26H27FN4O3S/c1-31(2)16-17-7-10-21(11-8-17)29-25(19-6-4-5-18(13-19)15-28-35(3,33)34)24-22-12-9-20(27)14-23(22)30-26(24)32/h4-14,28,30,32H,15-16H2,1-3H3. The summed E-state index contributed by atoms with van der Waals surface area (Å²) in [4.78, 5) is 9.77. The molecular weight excluding hydrogens is 467 g/mol. The predicted octanol–water partition coefficient (Wildman–Crippen LogP) is 4.29. The monoisotopic (exact) mass is 494 g/mol. The third-order valence-electron chi connectivity index (χ3n) is 5.39. The molecule has 0 fully saturated rings. The Hall–Kier alpha value is -3.53. The van der Waals surface area contributed by atoms with Crippen molar-refractivity contribution in [3.05, 3.63) is 94.8 Å². The Balaban J connectivity index is 1.84. The molecule has 0 atom stereocenters. The van der Waals surface area contributed by atoms with Gasteiger partial charge >= 0.3 is 0 Å². The first kappa shape index (κ1) is 24.6. The van der Waals surface area contributed by atoms with Gasteiger partial charge in [0, 0.05) is 24.0 Å². The smallest absolute Gasteiger partial charge is 0.209 e. The number of aliphatic imine (C=N–C) groups is 1. The molecule has 1 heterocycles. The first-order valence-corrected chi connectivity index (χ1v) is 12.8. The zero-order valence-corrected chi connectivity index (χ0v) is 20.5. The Kier molecular flexibility index (Phi) is 7.02. The third kappa shape index (κ3) is 6.13. The van der Waals surface area contributed by atoms with E-state index in [0.717, 1.165) is 23.9 Å². The number of nitrogens with zero attached hydrogens (tertiary/aromatic N) is 2. The Labute approximate surface area is 204 Å². The van der Waals surface area contributed by atoms with Crippen molar-refractivity contribution < 1.29 is 17.9 Å². The van der Waals surface area contributed by atoms with Crippen LogP contribution >= 0.6 is 0 Å². The van der Waals surface area contributed by atoms with Crippen LogP contribution in [0.3, 0.4) is 0 Å². The highest BCUT2D eigenvalue weighted by Crippen LogP contribution is 2.32. The maximum Gasteiger partial charge on any atom is 0.209 e. The van der Waals surface area contributed by atoms with Crippen LogP contribution in [0.1, 0.15) is 22.3 Å². The Morgan fingerprint density at radius 1 is 1.06 bits per heavy atom. The summed E-state index contributed by atoms with van der Waals surface area (Å²) in [5.74, 6) is -0.553. The summed E-state index contributed by atoms with van der Waals surface area (Å²) >= 11 is 0. The van der Waals surface area contributed by atoms with Crippen LogP contribution in [0.25, 0.3) is 10.9 Å². The number of nitrogens with one attached hydrogen (secondary N) is 2. The van der Waals surface area contributed by atoms with Gasteiger partial charge in [0.25, 0.3) is 0 Å².